The third-order valence-corrected chi connectivity index (χ3v) is 3.53. The van der Waals surface area contributed by atoms with E-state index < -0.39 is 0 Å². The van der Waals surface area contributed by atoms with Crippen LogP contribution in [0.2, 0.25) is 0 Å². The molecule has 0 saturated carbocycles. The molecule has 2 aromatic rings. The van der Waals surface area contributed by atoms with Gasteiger partial charge in [-0.25, -0.2) is 0 Å². The van der Waals surface area contributed by atoms with Crippen molar-refractivity contribution < 1.29 is 0 Å². The van der Waals surface area contributed by atoms with Crippen LogP contribution < -0.4 is 5.62 Å². The third kappa shape index (κ3) is 4.41. The SMILES string of the molecule is CC(C)(C)n1ccn(C(C)(C)C)c1=NN=NCc1ccccc1. The van der Waals surface area contributed by atoms with Gasteiger partial charge in [0, 0.05) is 23.5 Å². The first-order valence-electron chi connectivity index (χ1n) is 7.95. The van der Waals surface area contributed by atoms with E-state index in [4.69, 9.17) is 0 Å². The summed E-state index contributed by atoms with van der Waals surface area (Å²) in [4.78, 5) is 0. The van der Waals surface area contributed by atoms with Crippen molar-refractivity contribution in [3.8, 4) is 0 Å². The molecule has 0 amide bonds. The maximum atomic E-state index is 4.40. The lowest BCUT2D eigenvalue weighted by atomic mass is 10.1. The molecule has 0 fully saturated rings. The summed E-state index contributed by atoms with van der Waals surface area (Å²) < 4.78 is 4.25. The summed E-state index contributed by atoms with van der Waals surface area (Å²) in [6, 6.07) is 10.1. The Bertz CT molecular complexity index is 687. The number of rotatable bonds is 3. The molecule has 1 aromatic heterocycles. The Balaban J connectivity index is 2.34. The van der Waals surface area contributed by atoms with E-state index in [1.165, 1.54) is 0 Å². The fourth-order valence-electron chi connectivity index (χ4n) is 2.29. The molecule has 0 unspecified atom stereocenters. The first-order chi connectivity index (χ1) is 10.7. The van der Waals surface area contributed by atoms with Gasteiger partial charge in [-0.15, -0.1) is 0 Å². The van der Waals surface area contributed by atoms with Crippen molar-refractivity contribution in [2.24, 2.45) is 15.4 Å². The predicted octanol–water partition coefficient (Wildman–Crippen LogP) is 4.27. The molecular formula is C18H27N5. The predicted molar refractivity (Wildman–Crippen MR) is 93.0 cm³/mol. The normalized spacial score (nSPS) is 12.8. The molecule has 5 heteroatoms. The topological polar surface area (TPSA) is 46.9 Å². The molecule has 0 aliphatic heterocycles. The van der Waals surface area contributed by atoms with Gasteiger partial charge < -0.3 is 9.13 Å². The second kappa shape index (κ2) is 6.52. The molecule has 2 rings (SSSR count). The highest BCUT2D eigenvalue weighted by molar-refractivity contribution is 5.14. The molecule has 1 heterocycles. The molecule has 0 aliphatic rings. The van der Waals surface area contributed by atoms with Gasteiger partial charge in [0.25, 0.3) is 0 Å². The summed E-state index contributed by atoms with van der Waals surface area (Å²) in [5.74, 6) is 0. The van der Waals surface area contributed by atoms with E-state index in [1.54, 1.807) is 0 Å². The quantitative estimate of drug-likeness (QED) is 0.600. The molecule has 0 bridgehead atoms. The van der Waals surface area contributed by atoms with Crippen LogP contribution in [-0.4, -0.2) is 9.13 Å². The molecule has 0 radical (unpaired) electrons. The van der Waals surface area contributed by atoms with Crippen molar-refractivity contribution in [2.75, 3.05) is 0 Å². The molecule has 0 aliphatic carbocycles. The van der Waals surface area contributed by atoms with E-state index in [0.29, 0.717) is 6.54 Å². The number of hydrogen-bond acceptors (Lipinski definition) is 2. The highest BCUT2D eigenvalue weighted by atomic mass is 15.4. The average Bonchev–Trinajstić information content (AvgIpc) is 2.89. The van der Waals surface area contributed by atoms with Crippen LogP contribution >= 0.6 is 0 Å². The van der Waals surface area contributed by atoms with Crippen LogP contribution in [0.25, 0.3) is 0 Å². The van der Waals surface area contributed by atoms with Gasteiger partial charge in [0.15, 0.2) is 0 Å². The summed E-state index contributed by atoms with van der Waals surface area (Å²) in [6.07, 6.45) is 4.10. The van der Waals surface area contributed by atoms with Crippen molar-refractivity contribution in [1.29, 1.82) is 0 Å². The standard InChI is InChI=1S/C18H27N5/c1-17(2,3)22-12-13-23(18(4,5)6)16(22)20-21-19-14-15-10-8-7-9-11-15/h7-13H,14H2,1-6H3. The van der Waals surface area contributed by atoms with Crippen LogP contribution in [0.4, 0.5) is 0 Å². The van der Waals surface area contributed by atoms with Crippen LogP contribution in [0.3, 0.4) is 0 Å². The first-order valence-corrected chi connectivity index (χ1v) is 7.95. The minimum atomic E-state index is -0.0652. The number of nitrogens with zero attached hydrogens (tertiary/aromatic N) is 5. The molecule has 0 atom stereocenters. The zero-order valence-corrected chi connectivity index (χ0v) is 15.0. The molecule has 124 valence electrons. The first kappa shape index (κ1) is 17.2. The zero-order valence-electron chi connectivity index (χ0n) is 15.0. The van der Waals surface area contributed by atoms with Gasteiger partial charge in [0.05, 0.1) is 6.54 Å². The Morgan fingerprint density at radius 2 is 1.35 bits per heavy atom. The lowest BCUT2D eigenvalue weighted by molar-refractivity contribution is 0.333. The van der Waals surface area contributed by atoms with Crippen LogP contribution in [0.1, 0.15) is 47.1 Å². The van der Waals surface area contributed by atoms with Crippen LogP contribution in [0.5, 0.6) is 0 Å². The monoisotopic (exact) mass is 313 g/mol. The number of hydrogen-bond donors (Lipinski definition) is 0. The Morgan fingerprint density at radius 1 is 0.826 bits per heavy atom. The van der Waals surface area contributed by atoms with E-state index in [-0.39, 0.29) is 11.1 Å². The van der Waals surface area contributed by atoms with Gasteiger partial charge in [-0.3, -0.25) is 0 Å². The summed E-state index contributed by atoms with van der Waals surface area (Å²) >= 11 is 0. The summed E-state index contributed by atoms with van der Waals surface area (Å²) in [7, 11) is 0. The van der Waals surface area contributed by atoms with E-state index in [1.807, 2.05) is 30.3 Å². The lowest BCUT2D eigenvalue weighted by Gasteiger charge is -2.24. The molecule has 5 nitrogen and oxygen atoms in total. The van der Waals surface area contributed by atoms with Crippen molar-refractivity contribution >= 4 is 0 Å². The van der Waals surface area contributed by atoms with Gasteiger partial charge in [0.2, 0.25) is 5.62 Å². The minimum absolute atomic E-state index is 0.0652. The van der Waals surface area contributed by atoms with Crippen LogP contribution in [-0.2, 0) is 17.6 Å². The van der Waals surface area contributed by atoms with Crippen molar-refractivity contribution in [1.82, 2.24) is 9.13 Å². The summed E-state index contributed by atoms with van der Waals surface area (Å²) in [5, 5.41) is 12.7. The van der Waals surface area contributed by atoms with Crippen LogP contribution in [0, 0.1) is 0 Å². The minimum Gasteiger partial charge on any atom is -0.311 e. The Labute approximate surface area is 138 Å². The molecule has 1 aromatic carbocycles. The maximum absolute atomic E-state index is 4.40. The van der Waals surface area contributed by atoms with Gasteiger partial charge in [0.1, 0.15) is 0 Å². The van der Waals surface area contributed by atoms with Gasteiger partial charge in [-0.2, -0.15) is 5.11 Å². The fourth-order valence-corrected chi connectivity index (χ4v) is 2.29. The smallest absolute Gasteiger partial charge is 0.232 e. The average molecular weight is 313 g/mol. The van der Waals surface area contributed by atoms with Crippen molar-refractivity contribution in [3.63, 3.8) is 0 Å². The van der Waals surface area contributed by atoms with Gasteiger partial charge in [-0.1, -0.05) is 35.4 Å². The van der Waals surface area contributed by atoms with E-state index in [0.717, 1.165) is 11.2 Å². The molecular weight excluding hydrogens is 286 g/mol. The van der Waals surface area contributed by atoms with Crippen molar-refractivity contribution in [2.45, 2.75) is 59.2 Å². The van der Waals surface area contributed by atoms with Crippen molar-refractivity contribution in [3.05, 3.63) is 53.9 Å². The van der Waals surface area contributed by atoms with E-state index in [2.05, 4.69) is 78.5 Å². The molecule has 23 heavy (non-hydrogen) atoms. The lowest BCUT2D eigenvalue weighted by Crippen LogP contribution is -2.40. The van der Waals surface area contributed by atoms with Gasteiger partial charge in [-0.05, 0) is 52.3 Å². The maximum Gasteiger partial charge on any atom is 0.232 e. The highest BCUT2D eigenvalue weighted by Gasteiger charge is 2.21. The zero-order chi connectivity index (χ0) is 17.1. The second-order valence-electron chi connectivity index (χ2n) is 7.65. The van der Waals surface area contributed by atoms with E-state index in [9.17, 15) is 0 Å². The highest BCUT2D eigenvalue weighted by Crippen LogP contribution is 2.15. The Morgan fingerprint density at radius 3 is 1.83 bits per heavy atom. The second-order valence-corrected chi connectivity index (χ2v) is 7.65. The molecule has 0 spiro atoms. The van der Waals surface area contributed by atoms with Gasteiger partial charge >= 0.3 is 0 Å². The fraction of sp³-hybridized carbons (Fsp3) is 0.500. The molecule has 0 N–H and O–H groups in total. The Hall–Kier alpha value is -2.17. The van der Waals surface area contributed by atoms with E-state index >= 15 is 0 Å². The van der Waals surface area contributed by atoms with Crippen LogP contribution in [0.15, 0.2) is 58.2 Å². The number of aromatic nitrogens is 2. The number of imidazole rings is 1. The largest absolute Gasteiger partial charge is 0.311 e. The third-order valence-electron chi connectivity index (χ3n) is 3.53. The summed E-state index contributed by atoms with van der Waals surface area (Å²) in [6.45, 7) is 13.5. The Kier molecular flexibility index (Phi) is 4.88. The number of benzene rings is 1. The molecule has 0 saturated heterocycles. The summed E-state index contributed by atoms with van der Waals surface area (Å²) in [5.41, 5.74) is 1.80.